The van der Waals surface area contributed by atoms with E-state index in [1.165, 1.54) is 18.2 Å². The maximum atomic E-state index is 13.5. The number of rotatable bonds is 2. The Morgan fingerprint density at radius 2 is 2.10 bits per heavy atom. The molecule has 1 fully saturated rings. The molecule has 1 saturated heterocycles. The summed E-state index contributed by atoms with van der Waals surface area (Å²) in [5, 5.41) is 11.8. The minimum Gasteiger partial charge on any atom is -0.398 e. The predicted octanol–water partition coefficient (Wildman–Crippen LogP) is 1.59. The van der Waals surface area contributed by atoms with Gasteiger partial charge in [-0.3, -0.25) is 0 Å². The maximum Gasteiger partial charge on any atom is 0.184 e. The van der Waals surface area contributed by atoms with Crippen LogP contribution in [0.5, 0.6) is 0 Å². The summed E-state index contributed by atoms with van der Waals surface area (Å²) in [4.78, 5) is 0. The number of benzene rings is 1. The van der Waals surface area contributed by atoms with Gasteiger partial charge < -0.3 is 10.5 Å². The monoisotopic (exact) mass is 277 g/mol. The highest BCUT2D eigenvalue weighted by Crippen LogP contribution is 2.33. The molecule has 0 spiro atoms. The van der Waals surface area contributed by atoms with Crippen molar-refractivity contribution in [2.24, 2.45) is 0 Å². The first-order valence-electron chi connectivity index (χ1n) is 6.52. The summed E-state index contributed by atoms with van der Waals surface area (Å²) in [7, 11) is 0. The molecular formula is C13H16FN5O. The van der Waals surface area contributed by atoms with Gasteiger partial charge in [0.15, 0.2) is 5.82 Å². The van der Waals surface area contributed by atoms with E-state index in [1.807, 2.05) is 0 Å². The van der Waals surface area contributed by atoms with Gasteiger partial charge in [0.2, 0.25) is 0 Å². The minimum absolute atomic E-state index is 0.240. The van der Waals surface area contributed by atoms with Crippen LogP contribution in [0.15, 0.2) is 18.2 Å². The molecule has 3 rings (SSSR count). The highest BCUT2D eigenvalue weighted by Gasteiger charge is 2.33. The lowest BCUT2D eigenvalue weighted by Gasteiger charge is -2.33. The number of anilines is 1. The van der Waals surface area contributed by atoms with Crippen molar-refractivity contribution in [2.75, 3.05) is 18.9 Å². The summed E-state index contributed by atoms with van der Waals surface area (Å²) in [5.74, 6) is 0.132. The topological polar surface area (TPSA) is 78.9 Å². The van der Waals surface area contributed by atoms with Crippen LogP contribution in [0.3, 0.4) is 0 Å². The van der Waals surface area contributed by atoms with Crippen LogP contribution in [0.4, 0.5) is 10.1 Å². The zero-order chi connectivity index (χ0) is 14.2. The van der Waals surface area contributed by atoms with Crippen LogP contribution < -0.4 is 5.73 Å². The van der Waals surface area contributed by atoms with Crippen molar-refractivity contribution in [1.29, 1.82) is 0 Å². The van der Waals surface area contributed by atoms with Gasteiger partial charge in [-0.2, -0.15) is 0 Å². The number of hydrogen-bond acceptors (Lipinski definition) is 5. The van der Waals surface area contributed by atoms with E-state index in [0.717, 1.165) is 12.8 Å². The van der Waals surface area contributed by atoms with Gasteiger partial charge in [0.05, 0.1) is 5.54 Å². The molecule has 2 heterocycles. The summed E-state index contributed by atoms with van der Waals surface area (Å²) in [6, 6.07) is 4.21. The van der Waals surface area contributed by atoms with Gasteiger partial charge in [0, 0.05) is 24.5 Å². The van der Waals surface area contributed by atoms with E-state index in [9.17, 15) is 4.39 Å². The molecule has 1 aromatic carbocycles. The first-order chi connectivity index (χ1) is 9.60. The Kier molecular flexibility index (Phi) is 3.13. The van der Waals surface area contributed by atoms with E-state index in [1.54, 1.807) is 4.68 Å². The fraction of sp³-hybridized carbons (Fsp3) is 0.462. The quantitative estimate of drug-likeness (QED) is 0.843. The summed E-state index contributed by atoms with van der Waals surface area (Å²) in [5.41, 5.74) is 6.65. The van der Waals surface area contributed by atoms with E-state index in [-0.39, 0.29) is 11.4 Å². The molecule has 0 bridgehead atoms. The minimum atomic E-state index is -0.360. The molecule has 7 heteroatoms. The molecule has 0 unspecified atom stereocenters. The Morgan fingerprint density at radius 1 is 1.35 bits per heavy atom. The second kappa shape index (κ2) is 4.82. The van der Waals surface area contributed by atoms with Crippen molar-refractivity contribution < 1.29 is 9.13 Å². The largest absolute Gasteiger partial charge is 0.398 e. The fourth-order valence-electron chi connectivity index (χ4n) is 2.46. The molecule has 1 aliphatic heterocycles. The van der Waals surface area contributed by atoms with Crippen molar-refractivity contribution in [2.45, 2.75) is 25.3 Å². The Hall–Kier alpha value is -2.02. The number of halogens is 1. The highest BCUT2D eigenvalue weighted by molar-refractivity contribution is 5.71. The average molecular weight is 277 g/mol. The average Bonchev–Trinajstić information content (AvgIpc) is 2.92. The predicted molar refractivity (Wildman–Crippen MR) is 71.3 cm³/mol. The first kappa shape index (κ1) is 13.0. The summed E-state index contributed by atoms with van der Waals surface area (Å²) >= 11 is 0. The summed E-state index contributed by atoms with van der Waals surface area (Å²) in [6.07, 6.45) is 1.61. The summed E-state index contributed by atoms with van der Waals surface area (Å²) in [6.45, 7) is 3.40. The zero-order valence-corrected chi connectivity index (χ0v) is 11.2. The van der Waals surface area contributed by atoms with Crippen molar-refractivity contribution >= 4 is 5.69 Å². The molecular weight excluding hydrogens is 261 g/mol. The van der Waals surface area contributed by atoms with E-state index < -0.39 is 0 Å². The van der Waals surface area contributed by atoms with Gasteiger partial charge in [-0.15, -0.1) is 5.10 Å². The standard InChI is InChI=1S/C13H16FN5O/c1-13(4-6-20-7-5-13)19-12(16-17-18-19)10-8-9(14)2-3-11(10)15/h2-3,8H,4-7,15H2,1H3. The molecule has 6 nitrogen and oxygen atoms in total. The zero-order valence-electron chi connectivity index (χ0n) is 11.2. The first-order valence-corrected chi connectivity index (χ1v) is 6.52. The van der Waals surface area contributed by atoms with Gasteiger partial charge >= 0.3 is 0 Å². The van der Waals surface area contributed by atoms with Crippen molar-refractivity contribution in [3.8, 4) is 11.4 Å². The SMILES string of the molecule is CC1(n2nnnc2-c2cc(F)ccc2N)CCOCC1. The molecule has 0 radical (unpaired) electrons. The van der Waals surface area contributed by atoms with Gasteiger partial charge in [-0.25, -0.2) is 9.07 Å². The molecule has 1 aromatic heterocycles. The highest BCUT2D eigenvalue weighted by atomic mass is 19.1. The van der Waals surface area contributed by atoms with Gasteiger partial charge in [-0.05, 0) is 48.4 Å². The van der Waals surface area contributed by atoms with E-state index >= 15 is 0 Å². The van der Waals surface area contributed by atoms with Gasteiger partial charge in [0.1, 0.15) is 5.82 Å². The Morgan fingerprint density at radius 3 is 2.85 bits per heavy atom. The number of nitrogen functional groups attached to an aromatic ring is 1. The maximum absolute atomic E-state index is 13.5. The molecule has 2 N–H and O–H groups in total. The number of hydrogen-bond donors (Lipinski definition) is 1. The smallest absolute Gasteiger partial charge is 0.184 e. The molecule has 1 aliphatic rings. The number of ether oxygens (including phenoxy) is 1. The van der Waals surface area contributed by atoms with Crippen molar-refractivity contribution in [1.82, 2.24) is 20.2 Å². The lowest BCUT2D eigenvalue weighted by molar-refractivity contribution is 0.0240. The second-order valence-electron chi connectivity index (χ2n) is 5.26. The fourth-order valence-corrected chi connectivity index (χ4v) is 2.46. The van der Waals surface area contributed by atoms with Crippen molar-refractivity contribution in [3.05, 3.63) is 24.0 Å². The third-order valence-electron chi connectivity index (χ3n) is 3.81. The molecule has 20 heavy (non-hydrogen) atoms. The molecule has 2 aromatic rings. The number of nitrogens with two attached hydrogens (primary N) is 1. The van der Waals surface area contributed by atoms with Gasteiger partial charge in [0.25, 0.3) is 0 Å². The van der Waals surface area contributed by atoms with Crippen LogP contribution in [0.25, 0.3) is 11.4 Å². The van der Waals surface area contributed by atoms with Crippen LogP contribution in [-0.2, 0) is 10.3 Å². The van der Waals surface area contributed by atoms with Crippen LogP contribution in [0.1, 0.15) is 19.8 Å². The third-order valence-corrected chi connectivity index (χ3v) is 3.81. The van der Waals surface area contributed by atoms with Crippen LogP contribution in [0.2, 0.25) is 0 Å². The molecule has 0 aliphatic carbocycles. The Bertz CT molecular complexity index is 621. The van der Waals surface area contributed by atoms with Crippen LogP contribution in [0, 0.1) is 5.82 Å². The Labute approximate surface area is 115 Å². The Balaban J connectivity index is 2.08. The van der Waals surface area contributed by atoms with E-state index in [2.05, 4.69) is 22.4 Å². The lowest BCUT2D eigenvalue weighted by atomic mass is 9.92. The second-order valence-corrected chi connectivity index (χ2v) is 5.26. The van der Waals surface area contributed by atoms with Crippen LogP contribution >= 0.6 is 0 Å². The number of aromatic nitrogens is 4. The lowest BCUT2D eigenvalue weighted by Crippen LogP contribution is -2.38. The van der Waals surface area contributed by atoms with Crippen LogP contribution in [-0.4, -0.2) is 33.4 Å². The normalized spacial score (nSPS) is 18.1. The van der Waals surface area contributed by atoms with E-state index in [0.29, 0.717) is 30.3 Å². The number of tetrazole rings is 1. The summed E-state index contributed by atoms with van der Waals surface area (Å²) < 4.78 is 20.6. The molecule has 0 atom stereocenters. The molecule has 0 saturated carbocycles. The third kappa shape index (κ3) is 2.14. The molecule has 0 amide bonds. The number of nitrogens with zero attached hydrogens (tertiary/aromatic N) is 4. The molecule has 106 valence electrons. The van der Waals surface area contributed by atoms with Gasteiger partial charge in [-0.1, -0.05) is 0 Å². The van der Waals surface area contributed by atoms with E-state index in [4.69, 9.17) is 10.5 Å². The van der Waals surface area contributed by atoms with Crippen molar-refractivity contribution in [3.63, 3.8) is 0 Å².